The number of hydrogen-bond acceptors (Lipinski definition) is 6. The third-order valence-electron chi connectivity index (χ3n) is 4.20. The molecule has 2 unspecified atom stereocenters. The number of rotatable bonds is 3. The minimum Gasteiger partial charge on any atom is -0.330 e. The molecule has 114 valence electrons. The van der Waals surface area contributed by atoms with E-state index in [1.807, 2.05) is 6.92 Å². The lowest BCUT2D eigenvalue weighted by atomic mass is 9.94. The van der Waals surface area contributed by atoms with Gasteiger partial charge in [-0.3, -0.25) is 9.69 Å². The van der Waals surface area contributed by atoms with Crippen LogP contribution in [0.1, 0.15) is 30.5 Å². The van der Waals surface area contributed by atoms with Gasteiger partial charge in [0.2, 0.25) is 4.96 Å². The molecule has 3 heterocycles. The zero-order chi connectivity index (χ0) is 15.0. The van der Waals surface area contributed by atoms with Crippen LogP contribution >= 0.6 is 11.3 Å². The van der Waals surface area contributed by atoms with E-state index in [1.165, 1.54) is 34.8 Å². The molecule has 0 spiro atoms. The Balaban J connectivity index is 1.84. The summed E-state index contributed by atoms with van der Waals surface area (Å²) in [4.78, 5) is 19.4. The van der Waals surface area contributed by atoms with Gasteiger partial charge in [0.1, 0.15) is 5.01 Å². The molecule has 0 aliphatic carbocycles. The Morgan fingerprint density at radius 2 is 2.29 bits per heavy atom. The number of aryl methyl sites for hydroxylation is 1. The van der Waals surface area contributed by atoms with Gasteiger partial charge in [-0.15, -0.1) is 0 Å². The molecule has 21 heavy (non-hydrogen) atoms. The van der Waals surface area contributed by atoms with Crippen LogP contribution in [0.25, 0.3) is 4.96 Å². The number of piperidine rings is 1. The summed E-state index contributed by atoms with van der Waals surface area (Å²) >= 11 is 1.50. The van der Waals surface area contributed by atoms with Crippen molar-refractivity contribution in [3.05, 3.63) is 27.1 Å². The van der Waals surface area contributed by atoms with Crippen LogP contribution in [0.2, 0.25) is 0 Å². The van der Waals surface area contributed by atoms with Crippen molar-refractivity contribution in [2.75, 3.05) is 13.1 Å². The summed E-state index contributed by atoms with van der Waals surface area (Å²) in [7, 11) is 0. The fourth-order valence-electron chi connectivity index (χ4n) is 2.87. The Labute approximate surface area is 127 Å². The summed E-state index contributed by atoms with van der Waals surface area (Å²) in [5, 5.41) is 5.36. The van der Waals surface area contributed by atoms with Crippen LogP contribution in [0.5, 0.6) is 0 Å². The van der Waals surface area contributed by atoms with Gasteiger partial charge in [0, 0.05) is 24.3 Å². The highest BCUT2D eigenvalue weighted by atomic mass is 32.1. The van der Waals surface area contributed by atoms with Gasteiger partial charge < -0.3 is 5.73 Å². The number of nitrogens with two attached hydrogens (primary N) is 1. The topological polar surface area (TPSA) is 76.5 Å². The maximum absolute atomic E-state index is 11.9. The van der Waals surface area contributed by atoms with Gasteiger partial charge in [-0.2, -0.15) is 9.61 Å². The van der Waals surface area contributed by atoms with Crippen molar-refractivity contribution in [3.8, 4) is 0 Å². The van der Waals surface area contributed by atoms with Crippen LogP contribution in [0.15, 0.2) is 10.9 Å². The molecule has 2 N–H and O–H groups in total. The summed E-state index contributed by atoms with van der Waals surface area (Å²) in [6.45, 7) is 6.59. The zero-order valence-corrected chi connectivity index (χ0v) is 13.3. The average molecular weight is 307 g/mol. The van der Waals surface area contributed by atoms with Crippen molar-refractivity contribution in [2.45, 2.75) is 39.3 Å². The molecule has 7 heteroatoms. The van der Waals surface area contributed by atoms with Crippen LogP contribution in [-0.4, -0.2) is 38.6 Å². The maximum Gasteiger partial charge on any atom is 0.275 e. The van der Waals surface area contributed by atoms with Gasteiger partial charge in [0.15, 0.2) is 0 Å². The maximum atomic E-state index is 11.9. The second kappa shape index (κ2) is 5.82. The summed E-state index contributed by atoms with van der Waals surface area (Å²) in [6, 6.07) is 2.05. The lowest BCUT2D eigenvalue weighted by Crippen LogP contribution is -2.43. The summed E-state index contributed by atoms with van der Waals surface area (Å²) < 4.78 is 1.40. The summed E-state index contributed by atoms with van der Waals surface area (Å²) in [5.41, 5.74) is 6.44. The number of fused-ring (bicyclic) bond motifs is 1. The minimum atomic E-state index is -0.105. The van der Waals surface area contributed by atoms with E-state index in [0.717, 1.165) is 30.3 Å². The largest absolute Gasteiger partial charge is 0.330 e. The second-order valence-corrected chi connectivity index (χ2v) is 6.92. The van der Waals surface area contributed by atoms with Gasteiger partial charge in [0.05, 0.1) is 6.54 Å². The van der Waals surface area contributed by atoms with E-state index in [-0.39, 0.29) is 5.56 Å². The van der Waals surface area contributed by atoms with Crippen molar-refractivity contribution >= 4 is 16.3 Å². The normalized spacial score (nSPS) is 23.8. The smallest absolute Gasteiger partial charge is 0.275 e. The SMILES string of the molecule is Cc1cc(=O)n2nc(CN3CC(CN)CCC3C)sc2n1. The van der Waals surface area contributed by atoms with Crippen molar-refractivity contribution in [3.63, 3.8) is 0 Å². The molecule has 6 nitrogen and oxygen atoms in total. The van der Waals surface area contributed by atoms with Gasteiger partial charge >= 0.3 is 0 Å². The Bertz CT molecular complexity index is 694. The first-order valence-corrected chi connectivity index (χ1v) is 8.19. The van der Waals surface area contributed by atoms with E-state index < -0.39 is 0 Å². The number of hydrogen-bond donors (Lipinski definition) is 1. The zero-order valence-electron chi connectivity index (χ0n) is 12.5. The van der Waals surface area contributed by atoms with Crippen LogP contribution in [0.3, 0.4) is 0 Å². The highest BCUT2D eigenvalue weighted by Crippen LogP contribution is 2.24. The first kappa shape index (κ1) is 14.6. The van der Waals surface area contributed by atoms with Crippen molar-refractivity contribution in [1.29, 1.82) is 0 Å². The number of nitrogens with zero attached hydrogens (tertiary/aromatic N) is 4. The number of likely N-dealkylation sites (tertiary alicyclic amines) is 1. The molecular formula is C14H21N5OS. The molecular weight excluding hydrogens is 286 g/mol. The highest BCUT2D eigenvalue weighted by molar-refractivity contribution is 7.16. The van der Waals surface area contributed by atoms with Crippen molar-refractivity contribution in [1.82, 2.24) is 19.5 Å². The average Bonchev–Trinajstić information content (AvgIpc) is 2.84. The van der Waals surface area contributed by atoms with Crippen molar-refractivity contribution < 1.29 is 0 Å². The molecule has 1 saturated heterocycles. The molecule has 2 aromatic rings. The molecule has 0 radical (unpaired) electrons. The van der Waals surface area contributed by atoms with Gasteiger partial charge in [-0.25, -0.2) is 4.98 Å². The molecule has 1 fully saturated rings. The third kappa shape index (κ3) is 3.00. The second-order valence-electron chi connectivity index (χ2n) is 5.88. The third-order valence-corrected chi connectivity index (χ3v) is 5.09. The molecule has 0 aromatic carbocycles. The molecule has 0 bridgehead atoms. The van der Waals surface area contributed by atoms with Crippen LogP contribution in [-0.2, 0) is 6.54 Å². The molecule has 3 rings (SSSR count). The van der Waals surface area contributed by atoms with Crippen molar-refractivity contribution in [2.24, 2.45) is 11.7 Å². The molecule has 2 aromatic heterocycles. The Morgan fingerprint density at radius 3 is 3.05 bits per heavy atom. The quantitative estimate of drug-likeness (QED) is 0.916. The Hall–Kier alpha value is -1.31. The lowest BCUT2D eigenvalue weighted by Gasteiger charge is -2.36. The Morgan fingerprint density at radius 1 is 1.48 bits per heavy atom. The van der Waals surface area contributed by atoms with Crippen LogP contribution in [0.4, 0.5) is 0 Å². The summed E-state index contributed by atoms with van der Waals surface area (Å²) in [6.07, 6.45) is 2.37. The first-order valence-electron chi connectivity index (χ1n) is 7.37. The fraction of sp³-hybridized carbons (Fsp3) is 0.643. The minimum absolute atomic E-state index is 0.105. The molecule has 0 amide bonds. The molecule has 1 aliphatic heterocycles. The van der Waals surface area contributed by atoms with E-state index in [4.69, 9.17) is 5.73 Å². The standard InChI is InChI=1S/C14H21N5OS/c1-9-5-13(20)19-14(16-9)21-12(17-19)8-18-7-11(6-15)4-3-10(18)2/h5,10-11H,3-4,6-8,15H2,1-2H3. The van der Waals surface area contributed by atoms with Crippen LogP contribution in [0, 0.1) is 12.8 Å². The predicted molar refractivity (Wildman–Crippen MR) is 83.5 cm³/mol. The molecule has 0 saturated carbocycles. The van der Waals surface area contributed by atoms with E-state index in [0.29, 0.717) is 16.9 Å². The predicted octanol–water partition coefficient (Wildman–Crippen LogP) is 1.02. The van der Waals surface area contributed by atoms with E-state index in [2.05, 4.69) is 21.9 Å². The van der Waals surface area contributed by atoms with E-state index in [1.54, 1.807) is 0 Å². The molecule has 2 atom stereocenters. The summed E-state index contributed by atoms with van der Waals surface area (Å²) in [5.74, 6) is 0.568. The van der Waals surface area contributed by atoms with E-state index >= 15 is 0 Å². The number of aromatic nitrogens is 3. The van der Waals surface area contributed by atoms with E-state index in [9.17, 15) is 4.79 Å². The van der Waals surface area contributed by atoms with Gasteiger partial charge in [0.25, 0.3) is 5.56 Å². The van der Waals surface area contributed by atoms with Crippen LogP contribution < -0.4 is 11.3 Å². The first-order chi connectivity index (χ1) is 10.1. The lowest BCUT2D eigenvalue weighted by molar-refractivity contribution is 0.113. The van der Waals surface area contributed by atoms with Gasteiger partial charge in [-0.05, 0) is 39.2 Å². The highest BCUT2D eigenvalue weighted by Gasteiger charge is 2.25. The molecule has 1 aliphatic rings. The Kier molecular flexibility index (Phi) is 4.05. The van der Waals surface area contributed by atoms with Gasteiger partial charge in [-0.1, -0.05) is 11.3 Å². The fourth-order valence-corrected chi connectivity index (χ4v) is 3.84. The monoisotopic (exact) mass is 307 g/mol.